The Hall–Kier alpha value is -16.4. The standard InChI is InChI=1S/C48H32N2.C42H27NS.C30H19NO/c1-4-14-33(15-5-1)36-28-37(34-16-6-2-7-17-34)30-38(29-36)35-24-26-40(27-25-35)50-46-23-13-11-21-42(46)44-31-43-41-20-10-12-22-45(41)49(47(43)32-48(44)50)39-18-8-3-9-19-39;1-3-11-28(12-4-1)31-25-32(29-13-5-2-6-14-29)27-33(26-31)30-19-21-34(22-20-30)43-38-17-9-7-16-37(38)41-39(43)24-23-36-35-15-8-10-18-40(35)44-42(36)41;1-2-8-20(9-3-1)21-14-16-22(17-15-21)31-27-12-6-4-10-23(27)25-19-30-26(18-28(25)31)24-11-5-7-13-29(24)32-30/h1-32H;1-27H;1-19H. The average Bonchev–Trinajstić information content (AvgIpc) is 1.50. The van der Waals surface area contributed by atoms with Gasteiger partial charge in [0.05, 0.1) is 44.1 Å². The van der Waals surface area contributed by atoms with Crippen molar-refractivity contribution in [3.63, 3.8) is 0 Å². The van der Waals surface area contributed by atoms with Crippen LogP contribution in [0.4, 0.5) is 0 Å². The van der Waals surface area contributed by atoms with Gasteiger partial charge in [0.25, 0.3) is 0 Å². The maximum atomic E-state index is 6.18. The van der Waals surface area contributed by atoms with Crippen LogP contribution in [0.1, 0.15) is 0 Å². The molecule has 126 heavy (non-hydrogen) atoms. The normalized spacial score (nSPS) is 11.7. The molecule has 20 aromatic carbocycles. The Balaban J connectivity index is 0.000000108. The quantitative estimate of drug-likeness (QED) is 0.127. The Labute approximate surface area is 731 Å². The van der Waals surface area contributed by atoms with Gasteiger partial charge in [-0.05, 0) is 230 Å². The van der Waals surface area contributed by atoms with Crippen molar-refractivity contribution in [3.8, 4) is 101 Å². The summed E-state index contributed by atoms with van der Waals surface area (Å²) >= 11 is 1.90. The molecular weight excluding hydrogens is 1550 g/mol. The highest BCUT2D eigenvalue weighted by molar-refractivity contribution is 7.26. The van der Waals surface area contributed by atoms with Crippen LogP contribution in [-0.4, -0.2) is 18.3 Å². The summed E-state index contributed by atoms with van der Waals surface area (Å²) in [6.45, 7) is 0. The SMILES string of the molecule is c1ccc(-c2cc(-c3ccccc3)cc(-c3ccc(-n4c5ccccc5c5c6sc7ccccc7c6ccc54)cc3)c2)cc1.c1ccc(-c2cc(-c3ccccc3)cc(-c3ccc(-n4c5ccccc5c5cc6c7ccccc7n(-c7ccccc7)c6cc54)cc3)c2)cc1.c1ccc(-c2ccc(-n3c4ccccc4c4cc5oc6ccccc6c5cc43)cc2)cc1. The van der Waals surface area contributed by atoms with Gasteiger partial charge in [-0.25, -0.2) is 0 Å². The number of hydrogen-bond acceptors (Lipinski definition) is 2. The molecule has 0 aliphatic carbocycles. The van der Waals surface area contributed by atoms with Crippen molar-refractivity contribution >= 4 is 141 Å². The molecule has 0 fully saturated rings. The molecule has 590 valence electrons. The zero-order valence-electron chi connectivity index (χ0n) is 68.6. The molecule has 0 amide bonds. The van der Waals surface area contributed by atoms with Crippen molar-refractivity contribution in [1.29, 1.82) is 0 Å². The molecule has 0 saturated heterocycles. The predicted octanol–water partition coefficient (Wildman–Crippen LogP) is 33.4. The van der Waals surface area contributed by atoms with E-state index in [-0.39, 0.29) is 0 Å². The molecule has 0 N–H and O–H groups in total. The first-order valence-electron chi connectivity index (χ1n) is 43.1. The summed E-state index contributed by atoms with van der Waals surface area (Å²) in [6, 6.07) is 171. The van der Waals surface area contributed by atoms with Crippen molar-refractivity contribution in [2.45, 2.75) is 0 Å². The van der Waals surface area contributed by atoms with E-state index in [4.69, 9.17) is 4.42 Å². The second-order valence-electron chi connectivity index (χ2n) is 32.6. The van der Waals surface area contributed by atoms with E-state index in [1.807, 2.05) is 23.5 Å². The second kappa shape index (κ2) is 30.9. The summed E-state index contributed by atoms with van der Waals surface area (Å²) in [5.41, 5.74) is 33.2. The highest BCUT2D eigenvalue weighted by Gasteiger charge is 2.23. The van der Waals surface area contributed by atoms with Gasteiger partial charge in [0.2, 0.25) is 0 Å². The smallest absolute Gasteiger partial charge is 0.136 e. The Morgan fingerprint density at radius 1 is 0.151 bits per heavy atom. The van der Waals surface area contributed by atoms with Crippen molar-refractivity contribution in [2.24, 2.45) is 0 Å². The fourth-order valence-electron chi connectivity index (χ4n) is 19.4. The van der Waals surface area contributed by atoms with Crippen molar-refractivity contribution in [3.05, 3.63) is 473 Å². The van der Waals surface area contributed by atoms with E-state index in [1.54, 1.807) is 0 Å². The number of nitrogens with zero attached hydrogens (tertiary/aromatic N) is 4. The first kappa shape index (κ1) is 73.5. The summed E-state index contributed by atoms with van der Waals surface area (Å²) in [6.07, 6.45) is 0. The van der Waals surface area contributed by atoms with Crippen LogP contribution < -0.4 is 0 Å². The van der Waals surface area contributed by atoms with Crippen molar-refractivity contribution in [2.75, 3.05) is 0 Å². The van der Waals surface area contributed by atoms with E-state index in [0.29, 0.717) is 0 Å². The monoisotopic (exact) mass is 1620 g/mol. The van der Waals surface area contributed by atoms with Gasteiger partial charge in [0, 0.05) is 96.8 Å². The average molecular weight is 1620 g/mol. The van der Waals surface area contributed by atoms with Crippen LogP contribution in [0, 0.1) is 0 Å². The molecule has 0 atom stereocenters. The van der Waals surface area contributed by atoms with Crippen LogP contribution in [0.3, 0.4) is 0 Å². The third-order valence-electron chi connectivity index (χ3n) is 25.3. The van der Waals surface area contributed by atoms with Crippen LogP contribution in [0.5, 0.6) is 0 Å². The molecule has 26 rings (SSSR count). The number of fused-ring (bicyclic) bond motifs is 19. The maximum absolute atomic E-state index is 6.18. The Morgan fingerprint density at radius 2 is 0.452 bits per heavy atom. The predicted molar refractivity (Wildman–Crippen MR) is 535 cm³/mol. The molecule has 6 aromatic heterocycles. The van der Waals surface area contributed by atoms with E-state index >= 15 is 0 Å². The van der Waals surface area contributed by atoms with Crippen molar-refractivity contribution in [1.82, 2.24) is 18.3 Å². The summed E-state index contributed by atoms with van der Waals surface area (Å²) in [4.78, 5) is 0. The third-order valence-corrected chi connectivity index (χ3v) is 26.5. The van der Waals surface area contributed by atoms with Gasteiger partial charge in [-0.2, -0.15) is 0 Å². The summed E-state index contributed by atoms with van der Waals surface area (Å²) in [7, 11) is 0. The van der Waals surface area contributed by atoms with Crippen LogP contribution >= 0.6 is 11.3 Å². The second-order valence-corrected chi connectivity index (χ2v) is 33.7. The van der Waals surface area contributed by atoms with Crippen LogP contribution in [0.15, 0.2) is 478 Å². The molecule has 6 heterocycles. The number of benzene rings is 20. The van der Waals surface area contributed by atoms with Crippen LogP contribution in [-0.2, 0) is 0 Å². The molecule has 6 heteroatoms. The van der Waals surface area contributed by atoms with E-state index in [1.165, 1.54) is 191 Å². The highest BCUT2D eigenvalue weighted by Crippen LogP contribution is 2.47. The topological polar surface area (TPSA) is 32.9 Å². The van der Waals surface area contributed by atoms with Gasteiger partial charge in [-0.1, -0.05) is 322 Å². The van der Waals surface area contributed by atoms with Gasteiger partial charge in [0.1, 0.15) is 11.2 Å². The molecule has 0 unspecified atom stereocenters. The van der Waals surface area contributed by atoms with Gasteiger partial charge >= 0.3 is 0 Å². The van der Waals surface area contributed by atoms with Gasteiger partial charge < -0.3 is 22.7 Å². The van der Waals surface area contributed by atoms with Gasteiger partial charge in [-0.15, -0.1) is 11.3 Å². The Bertz CT molecular complexity index is 8520. The molecule has 0 spiro atoms. The largest absolute Gasteiger partial charge is 0.456 e. The lowest BCUT2D eigenvalue weighted by Gasteiger charge is -2.13. The molecule has 0 radical (unpaired) electrons. The summed E-state index contributed by atoms with van der Waals surface area (Å²) < 4.78 is 18.5. The first-order valence-corrected chi connectivity index (χ1v) is 43.9. The fourth-order valence-corrected chi connectivity index (χ4v) is 20.6. The highest BCUT2D eigenvalue weighted by atomic mass is 32.1. The number of thiophene rings is 1. The molecular formula is C120H78N4OS. The molecule has 0 saturated carbocycles. The van der Waals surface area contributed by atoms with Gasteiger partial charge in [0.15, 0.2) is 0 Å². The lowest BCUT2D eigenvalue weighted by molar-refractivity contribution is 0.669. The third kappa shape index (κ3) is 12.8. The lowest BCUT2D eigenvalue weighted by Crippen LogP contribution is -1.96. The number of aromatic nitrogens is 4. The summed E-state index contributed by atoms with van der Waals surface area (Å²) in [5, 5.41) is 15.1. The molecule has 26 aromatic rings. The first-order chi connectivity index (χ1) is 62.5. The zero-order valence-corrected chi connectivity index (χ0v) is 69.5. The minimum atomic E-state index is 0.929. The van der Waals surface area contributed by atoms with E-state index < -0.39 is 0 Å². The van der Waals surface area contributed by atoms with E-state index in [9.17, 15) is 0 Å². The molecule has 5 nitrogen and oxygen atoms in total. The minimum Gasteiger partial charge on any atom is -0.456 e. The molecule has 0 aliphatic heterocycles. The van der Waals surface area contributed by atoms with Gasteiger partial charge in [-0.3, -0.25) is 0 Å². The van der Waals surface area contributed by atoms with E-state index in [0.717, 1.165) is 39.0 Å². The van der Waals surface area contributed by atoms with Crippen LogP contribution in [0.25, 0.3) is 230 Å². The number of furan rings is 1. The number of para-hydroxylation sites is 6. The Morgan fingerprint density at radius 3 is 0.881 bits per heavy atom. The number of hydrogen-bond donors (Lipinski definition) is 0. The van der Waals surface area contributed by atoms with E-state index in [2.05, 4.69) is 479 Å². The summed E-state index contributed by atoms with van der Waals surface area (Å²) in [5.74, 6) is 0. The maximum Gasteiger partial charge on any atom is 0.136 e. The Kier molecular flexibility index (Phi) is 18.1. The molecule has 0 aliphatic rings. The van der Waals surface area contributed by atoms with Crippen molar-refractivity contribution < 1.29 is 4.42 Å². The van der Waals surface area contributed by atoms with Crippen LogP contribution in [0.2, 0.25) is 0 Å². The fraction of sp³-hybridized carbons (Fsp3) is 0. The zero-order chi connectivity index (χ0) is 83.1. The minimum absolute atomic E-state index is 0.929. The number of rotatable bonds is 11. The molecule has 0 bridgehead atoms. The lowest BCUT2D eigenvalue weighted by atomic mass is 9.93.